The van der Waals surface area contributed by atoms with Gasteiger partial charge in [0.05, 0.1) is 11.4 Å². The number of hydrogen-bond acceptors (Lipinski definition) is 7. The average Bonchev–Trinajstić information content (AvgIpc) is 3.42. The summed E-state index contributed by atoms with van der Waals surface area (Å²) in [5, 5.41) is 24.9. The monoisotopic (exact) mass is 497 g/mol. The SMILES string of the molecule is CC(O)C#Cc1ccc2c(c1)-c1nc(C(N)=O)c(C(O)c3ccnn3C)n1C1CC2C1.c1cncnc1. The number of benzene rings is 1. The maximum atomic E-state index is 12.3. The molecule has 10 heteroatoms. The molecule has 3 aliphatic rings. The first-order chi connectivity index (χ1) is 17.8. The Bertz CT molecular complexity index is 1460. The molecular formula is C27H27N7O3. The van der Waals surface area contributed by atoms with Gasteiger partial charge in [0, 0.05) is 42.8 Å². The maximum absolute atomic E-state index is 12.3. The summed E-state index contributed by atoms with van der Waals surface area (Å²) in [5.74, 6) is 6.07. The fourth-order valence-electron chi connectivity index (χ4n) is 4.92. The van der Waals surface area contributed by atoms with E-state index in [1.54, 1.807) is 49.4 Å². The predicted octanol–water partition coefficient (Wildman–Crippen LogP) is 2.11. The van der Waals surface area contributed by atoms with E-state index in [1.807, 2.05) is 22.8 Å². The summed E-state index contributed by atoms with van der Waals surface area (Å²) in [4.78, 5) is 24.3. The topological polar surface area (TPSA) is 145 Å². The van der Waals surface area contributed by atoms with Crippen molar-refractivity contribution in [3.63, 3.8) is 0 Å². The van der Waals surface area contributed by atoms with Crippen LogP contribution in [-0.4, -0.2) is 51.5 Å². The fourth-order valence-corrected chi connectivity index (χ4v) is 4.92. The molecule has 1 aromatic carbocycles. The Morgan fingerprint density at radius 2 is 1.92 bits per heavy atom. The normalized spacial score (nSPS) is 18.4. The van der Waals surface area contributed by atoms with Crippen LogP contribution in [0.3, 0.4) is 0 Å². The van der Waals surface area contributed by atoms with Crippen LogP contribution < -0.4 is 5.73 Å². The van der Waals surface area contributed by atoms with Gasteiger partial charge in [0.2, 0.25) is 0 Å². The number of nitrogens with two attached hydrogens (primary N) is 1. The molecule has 2 unspecified atom stereocenters. The molecule has 0 saturated heterocycles. The van der Waals surface area contributed by atoms with Crippen LogP contribution in [-0.2, 0) is 7.05 Å². The number of aromatic nitrogens is 6. The van der Waals surface area contributed by atoms with Crippen LogP contribution in [0.25, 0.3) is 11.4 Å². The van der Waals surface area contributed by atoms with E-state index in [-0.39, 0.29) is 11.7 Å². The lowest BCUT2D eigenvalue weighted by molar-refractivity contribution is 0.0988. The Balaban J connectivity index is 0.000000412. The lowest BCUT2D eigenvalue weighted by Crippen LogP contribution is -2.27. The molecule has 7 rings (SSSR count). The maximum Gasteiger partial charge on any atom is 0.269 e. The van der Waals surface area contributed by atoms with Crippen LogP contribution in [0.1, 0.15) is 70.8 Å². The second kappa shape index (κ2) is 9.97. The Morgan fingerprint density at radius 1 is 1.16 bits per heavy atom. The van der Waals surface area contributed by atoms with E-state index >= 15 is 0 Å². The minimum absolute atomic E-state index is 0.0699. The van der Waals surface area contributed by atoms with Crippen molar-refractivity contribution in [3.05, 3.63) is 83.5 Å². The highest BCUT2D eigenvalue weighted by Crippen LogP contribution is 2.53. The minimum Gasteiger partial charge on any atom is -0.381 e. The molecule has 3 aromatic heterocycles. The highest BCUT2D eigenvalue weighted by atomic mass is 16.3. The fraction of sp³-hybridized carbons (Fsp3) is 0.296. The molecule has 1 fully saturated rings. The summed E-state index contributed by atoms with van der Waals surface area (Å²) < 4.78 is 3.55. The molecule has 188 valence electrons. The molecule has 2 atom stereocenters. The van der Waals surface area contributed by atoms with Crippen molar-refractivity contribution in [2.75, 3.05) is 0 Å². The largest absolute Gasteiger partial charge is 0.381 e. The first-order valence-electron chi connectivity index (χ1n) is 12.0. The molecule has 5 heterocycles. The summed E-state index contributed by atoms with van der Waals surface area (Å²) in [7, 11) is 1.74. The third-order valence-electron chi connectivity index (χ3n) is 6.69. The van der Waals surface area contributed by atoms with Gasteiger partial charge in [0.25, 0.3) is 5.91 Å². The number of carbonyl (C=O) groups excluding carboxylic acids is 1. The smallest absolute Gasteiger partial charge is 0.269 e. The number of carbonyl (C=O) groups is 1. The Hall–Kier alpha value is -4.33. The van der Waals surface area contributed by atoms with Crippen molar-refractivity contribution in [2.45, 2.75) is 43.9 Å². The summed E-state index contributed by atoms with van der Waals surface area (Å²) >= 11 is 0. The van der Waals surface area contributed by atoms with Gasteiger partial charge in [-0.2, -0.15) is 5.10 Å². The van der Waals surface area contributed by atoms with Crippen molar-refractivity contribution in [3.8, 4) is 23.2 Å². The molecule has 10 nitrogen and oxygen atoms in total. The molecule has 4 aromatic rings. The van der Waals surface area contributed by atoms with Gasteiger partial charge in [-0.15, -0.1) is 0 Å². The van der Waals surface area contributed by atoms with Gasteiger partial charge in [-0.3, -0.25) is 9.48 Å². The molecule has 2 aliphatic heterocycles. The number of primary amides is 1. The summed E-state index contributed by atoms with van der Waals surface area (Å²) in [6.07, 6.45) is 6.46. The van der Waals surface area contributed by atoms with E-state index in [9.17, 15) is 15.0 Å². The zero-order chi connectivity index (χ0) is 26.1. The van der Waals surface area contributed by atoms with E-state index < -0.39 is 18.1 Å². The van der Waals surface area contributed by atoms with Crippen LogP contribution >= 0.6 is 0 Å². The highest BCUT2D eigenvalue weighted by molar-refractivity contribution is 5.93. The zero-order valence-corrected chi connectivity index (χ0v) is 20.5. The Labute approximate surface area is 213 Å². The van der Waals surface area contributed by atoms with E-state index in [2.05, 4.69) is 31.9 Å². The molecule has 2 bridgehead atoms. The van der Waals surface area contributed by atoms with Gasteiger partial charge in [-0.05, 0) is 55.5 Å². The standard InChI is InChI=1S/C23H23N5O3.C4H4N2/c1-12(29)3-4-13-5-6-16-14-10-15(11-14)28-20(21(30)18-7-8-25-27(18)2)19(22(24)31)26-23(28)17(16)9-13;1-2-5-4-6-3-1/h5-9,12,14-15,21,29-30H,10-11H2,1-2H3,(H2,24,31);1-4H. The van der Waals surface area contributed by atoms with Crippen LogP contribution in [0.2, 0.25) is 0 Å². The van der Waals surface area contributed by atoms with Crippen molar-refractivity contribution in [2.24, 2.45) is 12.8 Å². The number of amides is 1. The quantitative estimate of drug-likeness (QED) is 0.368. The van der Waals surface area contributed by atoms with Crippen molar-refractivity contribution < 1.29 is 15.0 Å². The van der Waals surface area contributed by atoms with Crippen molar-refractivity contribution in [1.29, 1.82) is 0 Å². The van der Waals surface area contributed by atoms with Crippen LogP contribution in [0.4, 0.5) is 0 Å². The number of nitrogens with zero attached hydrogens (tertiary/aromatic N) is 6. The summed E-state index contributed by atoms with van der Waals surface area (Å²) in [5.41, 5.74) is 9.51. The number of aliphatic hydroxyl groups is 2. The minimum atomic E-state index is -1.09. The zero-order valence-electron chi connectivity index (χ0n) is 20.5. The second-order valence-electron chi connectivity index (χ2n) is 9.16. The molecule has 0 spiro atoms. The average molecular weight is 498 g/mol. The first kappa shape index (κ1) is 24.4. The van der Waals surface area contributed by atoms with E-state index in [0.29, 0.717) is 23.1 Å². The molecular weight excluding hydrogens is 470 g/mol. The third kappa shape index (κ3) is 4.62. The van der Waals surface area contributed by atoms with Crippen LogP contribution in [0.5, 0.6) is 0 Å². The number of rotatable bonds is 3. The van der Waals surface area contributed by atoms with Crippen molar-refractivity contribution >= 4 is 5.91 Å². The predicted molar refractivity (Wildman–Crippen MR) is 135 cm³/mol. The van der Waals surface area contributed by atoms with Gasteiger partial charge in [0.15, 0.2) is 5.69 Å². The van der Waals surface area contributed by atoms with Gasteiger partial charge < -0.3 is 20.5 Å². The lowest BCUT2D eigenvalue weighted by atomic mass is 9.75. The van der Waals surface area contributed by atoms with Gasteiger partial charge in [-0.1, -0.05) is 17.9 Å². The van der Waals surface area contributed by atoms with Crippen LogP contribution in [0, 0.1) is 11.8 Å². The number of imidazole rings is 1. The van der Waals surface area contributed by atoms with E-state index in [4.69, 9.17) is 5.73 Å². The summed E-state index contributed by atoms with van der Waals surface area (Å²) in [6, 6.07) is 9.55. The molecule has 1 saturated carbocycles. The second-order valence-corrected chi connectivity index (χ2v) is 9.16. The molecule has 1 amide bonds. The molecule has 1 aliphatic carbocycles. The van der Waals surface area contributed by atoms with Crippen molar-refractivity contribution in [1.82, 2.24) is 29.3 Å². The lowest BCUT2D eigenvalue weighted by Gasteiger charge is -2.36. The molecule has 4 N–H and O–H groups in total. The van der Waals surface area contributed by atoms with Gasteiger partial charge >= 0.3 is 0 Å². The summed E-state index contributed by atoms with van der Waals surface area (Å²) in [6.45, 7) is 1.61. The Kier molecular flexibility index (Phi) is 6.56. The van der Waals surface area contributed by atoms with E-state index in [1.165, 1.54) is 6.33 Å². The number of aryl methyl sites for hydroxylation is 1. The van der Waals surface area contributed by atoms with Crippen LogP contribution in [0.15, 0.2) is 55.2 Å². The van der Waals surface area contributed by atoms with E-state index in [0.717, 1.165) is 29.5 Å². The Morgan fingerprint density at radius 3 is 2.49 bits per heavy atom. The van der Waals surface area contributed by atoms with Gasteiger partial charge in [0.1, 0.15) is 24.4 Å². The number of aliphatic hydroxyl groups excluding tert-OH is 2. The third-order valence-corrected chi connectivity index (χ3v) is 6.69. The number of hydrogen-bond donors (Lipinski definition) is 3. The highest BCUT2D eigenvalue weighted by Gasteiger charge is 2.42. The van der Waals surface area contributed by atoms with Gasteiger partial charge in [-0.25, -0.2) is 15.0 Å². The molecule has 37 heavy (non-hydrogen) atoms. The molecule has 0 radical (unpaired) electrons. The first-order valence-corrected chi connectivity index (χ1v) is 12.0.